The molecule has 0 amide bonds. The van der Waals surface area contributed by atoms with Gasteiger partial charge in [0.1, 0.15) is 5.83 Å². The molecule has 0 N–H and O–H groups in total. The lowest BCUT2D eigenvalue weighted by Crippen LogP contribution is -2.08. The zero-order chi connectivity index (χ0) is 19.9. The molecule has 3 unspecified atom stereocenters. The third-order valence-electron chi connectivity index (χ3n) is 5.94. The van der Waals surface area contributed by atoms with Crippen LogP contribution in [-0.4, -0.2) is 12.8 Å². The molecule has 1 aliphatic carbocycles. The molecule has 26 heavy (non-hydrogen) atoms. The van der Waals surface area contributed by atoms with Gasteiger partial charge in [-0.2, -0.15) is 0 Å². The maximum Gasteiger partial charge on any atom is 0.103 e. The van der Waals surface area contributed by atoms with E-state index in [9.17, 15) is 4.39 Å². The number of hydrogen-bond donors (Lipinski definition) is 0. The second kappa shape index (κ2) is 10.6. The van der Waals surface area contributed by atoms with E-state index in [4.69, 9.17) is 0 Å². The van der Waals surface area contributed by atoms with Gasteiger partial charge in [0.25, 0.3) is 0 Å². The molecule has 0 spiro atoms. The number of halogens is 1. The lowest BCUT2D eigenvalue weighted by molar-refractivity contribution is 0.522. The summed E-state index contributed by atoms with van der Waals surface area (Å²) in [6.07, 6.45) is 8.34. The minimum absolute atomic E-state index is 0.00651. The maximum absolute atomic E-state index is 14.4. The van der Waals surface area contributed by atoms with Crippen LogP contribution in [0.1, 0.15) is 73.6 Å². The fraction of sp³-hybridized carbons (Fsp3) is 0.625. The molecule has 1 nitrogen and oxygen atoms in total. The van der Waals surface area contributed by atoms with Crippen LogP contribution in [-0.2, 0) is 0 Å². The second-order valence-electron chi connectivity index (χ2n) is 7.89. The van der Waals surface area contributed by atoms with Crippen molar-refractivity contribution in [2.45, 2.75) is 73.6 Å². The van der Waals surface area contributed by atoms with Crippen molar-refractivity contribution in [1.82, 2.24) is 0 Å². The molecule has 0 bridgehead atoms. The molecule has 0 saturated heterocycles. The maximum atomic E-state index is 14.4. The van der Waals surface area contributed by atoms with Gasteiger partial charge in [-0.25, -0.2) is 4.39 Å². The average molecular weight is 360 g/mol. The van der Waals surface area contributed by atoms with Gasteiger partial charge in [0.05, 0.1) is 0 Å². The van der Waals surface area contributed by atoms with Gasteiger partial charge in [-0.1, -0.05) is 64.5 Å². The van der Waals surface area contributed by atoms with Gasteiger partial charge in [0.15, 0.2) is 0 Å². The Kier molecular flexibility index (Phi) is 9.25. The summed E-state index contributed by atoms with van der Waals surface area (Å²) in [5, 5.41) is 0. The van der Waals surface area contributed by atoms with Crippen LogP contribution in [0.2, 0.25) is 0 Å². The highest BCUT2D eigenvalue weighted by molar-refractivity contribution is 6.04. The number of rotatable bonds is 8. The van der Waals surface area contributed by atoms with Gasteiger partial charge in [0, 0.05) is 18.7 Å². The molecule has 2 heteroatoms. The van der Waals surface area contributed by atoms with Crippen LogP contribution in [0.25, 0.3) is 0 Å². The zero-order valence-corrected chi connectivity index (χ0v) is 18.0. The average Bonchev–Trinajstić information content (AvgIpc) is 2.89. The van der Waals surface area contributed by atoms with E-state index in [2.05, 4.69) is 58.3 Å². The molecule has 0 heterocycles. The molecular formula is C24H38FN. The fourth-order valence-electron chi connectivity index (χ4n) is 3.54. The first-order valence-corrected chi connectivity index (χ1v) is 10.2. The summed E-state index contributed by atoms with van der Waals surface area (Å²) in [5.41, 5.74) is 5.68. The van der Waals surface area contributed by atoms with Gasteiger partial charge >= 0.3 is 0 Å². The summed E-state index contributed by atoms with van der Waals surface area (Å²) in [7, 11) is 1.88. The van der Waals surface area contributed by atoms with Crippen molar-refractivity contribution in [3.05, 3.63) is 46.9 Å². The minimum Gasteiger partial charge on any atom is -0.293 e. The molecule has 146 valence electrons. The van der Waals surface area contributed by atoms with E-state index in [0.717, 1.165) is 30.4 Å². The van der Waals surface area contributed by atoms with Crippen LogP contribution in [0, 0.1) is 17.8 Å². The van der Waals surface area contributed by atoms with E-state index in [1.54, 1.807) is 0 Å². The Morgan fingerprint density at radius 3 is 2.50 bits per heavy atom. The van der Waals surface area contributed by atoms with E-state index < -0.39 is 0 Å². The molecule has 0 aromatic carbocycles. The SMILES string of the molecule is C=C(/C=C1/CC(C)C(C)C1=NC)CCC(/C=C(\C)C(C)CC)=C(\F)CC. The smallest absolute Gasteiger partial charge is 0.103 e. The van der Waals surface area contributed by atoms with E-state index >= 15 is 0 Å². The van der Waals surface area contributed by atoms with Gasteiger partial charge < -0.3 is 0 Å². The summed E-state index contributed by atoms with van der Waals surface area (Å²) >= 11 is 0. The third kappa shape index (κ3) is 6.07. The largest absolute Gasteiger partial charge is 0.293 e. The van der Waals surface area contributed by atoms with Crippen LogP contribution in [0.4, 0.5) is 4.39 Å². The Morgan fingerprint density at radius 1 is 1.31 bits per heavy atom. The van der Waals surface area contributed by atoms with Crippen LogP contribution < -0.4 is 0 Å². The number of nitrogens with zero attached hydrogens (tertiary/aromatic N) is 1. The molecule has 0 aromatic rings. The molecule has 0 radical (unpaired) electrons. The second-order valence-corrected chi connectivity index (χ2v) is 7.89. The summed E-state index contributed by atoms with van der Waals surface area (Å²) in [6.45, 7) is 17.1. The van der Waals surface area contributed by atoms with Crippen LogP contribution in [0.3, 0.4) is 0 Å². The summed E-state index contributed by atoms with van der Waals surface area (Å²) in [6, 6.07) is 0. The Morgan fingerprint density at radius 2 is 1.96 bits per heavy atom. The van der Waals surface area contributed by atoms with Crippen molar-refractivity contribution >= 4 is 5.71 Å². The predicted octanol–water partition coefficient (Wildman–Crippen LogP) is 7.62. The Hall–Kier alpha value is -1.44. The van der Waals surface area contributed by atoms with Gasteiger partial charge in [0.2, 0.25) is 0 Å². The summed E-state index contributed by atoms with van der Waals surface area (Å²) in [5.74, 6) is 1.63. The van der Waals surface area contributed by atoms with Crippen molar-refractivity contribution in [3.63, 3.8) is 0 Å². The lowest BCUT2D eigenvalue weighted by Gasteiger charge is -2.12. The van der Waals surface area contributed by atoms with Gasteiger partial charge in [-0.15, -0.1) is 0 Å². The highest BCUT2D eigenvalue weighted by Gasteiger charge is 2.29. The van der Waals surface area contributed by atoms with Gasteiger partial charge in [-0.05, 0) is 62.0 Å². The first-order chi connectivity index (χ1) is 12.2. The first kappa shape index (κ1) is 22.6. The van der Waals surface area contributed by atoms with Crippen molar-refractivity contribution in [1.29, 1.82) is 0 Å². The van der Waals surface area contributed by atoms with Crippen LogP contribution in [0.5, 0.6) is 0 Å². The number of aliphatic imine (C=N–C) groups is 1. The summed E-state index contributed by atoms with van der Waals surface area (Å²) < 4.78 is 14.4. The van der Waals surface area contributed by atoms with Crippen molar-refractivity contribution in [2.75, 3.05) is 7.05 Å². The van der Waals surface area contributed by atoms with Crippen LogP contribution in [0.15, 0.2) is 51.8 Å². The van der Waals surface area contributed by atoms with Gasteiger partial charge in [-0.3, -0.25) is 4.99 Å². The monoisotopic (exact) mass is 359 g/mol. The Balaban J connectivity index is 2.87. The highest BCUT2D eigenvalue weighted by atomic mass is 19.1. The molecule has 0 aromatic heterocycles. The molecule has 1 saturated carbocycles. The normalized spacial score (nSPS) is 26.4. The molecule has 1 rings (SSSR count). The van der Waals surface area contributed by atoms with E-state index in [-0.39, 0.29) is 5.83 Å². The summed E-state index contributed by atoms with van der Waals surface area (Å²) in [4.78, 5) is 4.49. The van der Waals surface area contributed by atoms with Crippen molar-refractivity contribution < 1.29 is 4.39 Å². The third-order valence-corrected chi connectivity index (χ3v) is 5.94. The molecule has 1 aliphatic rings. The Labute approximate surface area is 160 Å². The number of allylic oxidation sites excluding steroid dienone is 7. The zero-order valence-electron chi connectivity index (χ0n) is 18.0. The quantitative estimate of drug-likeness (QED) is 0.395. The molecule has 1 fully saturated rings. The Bertz CT molecular complexity index is 618. The van der Waals surface area contributed by atoms with Crippen LogP contribution >= 0.6 is 0 Å². The molecule has 0 aliphatic heterocycles. The number of hydrogen-bond acceptors (Lipinski definition) is 1. The fourth-order valence-corrected chi connectivity index (χ4v) is 3.54. The lowest BCUT2D eigenvalue weighted by atomic mass is 9.94. The predicted molar refractivity (Wildman–Crippen MR) is 114 cm³/mol. The van der Waals surface area contributed by atoms with Crippen molar-refractivity contribution in [3.8, 4) is 0 Å². The van der Waals surface area contributed by atoms with Crippen molar-refractivity contribution in [2.24, 2.45) is 22.7 Å². The van der Waals surface area contributed by atoms with E-state index in [1.165, 1.54) is 16.9 Å². The van der Waals surface area contributed by atoms with E-state index in [0.29, 0.717) is 30.6 Å². The topological polar surface area (TPSA) is 12.4 Å². The first-order valence-electron chi connectivity index (χ1n) is 10.2. The molecular weight excluding hydrogens is 321 g/mol. The van der Waals surface area contributed by atoms with E-state index in [1.807, 2.05) is 14.0 Å². The molecule has 3 atom stereocenters. The standard InChI is InChI=1S/C24H38FN/c1-9-17(4)18(5)14-21(23(25)10-2)12-11-16(3)13-22-15-19(6)20(7)24(22)26-8/h13-14,17,19-20H,3,9-12,15H2,1-2,4-8H3/b18-14+,22-13-,23-21+,26-24?. The highest BCUT2D eigenvalue weighted by Crippen LogP contribution is 2.34. The minimum atomic E-state index is 0.00651.